The molecular weight excluding hydrogens is 182 g/mol. The Morgan fingerprint density at radius 1 is 1.64 bits per heavy atom. The standard InChI is InChI=1S/C9H15N3O2/c1-4-12-8(6-11(2)3)7(5-10-12)9(13)14/h5H,4,6H2,1-3H3,(H,13,14). The van der Waals surface area contributed by atoms with Crippen molar-refractivity contribution in [3.05, 3.63) is 17.5 Å². The molecule has 5 nitrogen and oxygen atoms in total. The summed E-state index contributed by atoms with van der Waals surface area (Å²) in [5, 5.41) is 12.9. The molecule has 0 spiro atoms. The third-order valence-electron chi connectivity index (χ3n) is 1.94. The fraction of sp³-hybridized carbons (Fsp3) is 0.556. The van der Waals surface area contributed by atoms with Crippen molar-refractivity contribution in [1.82, 2.24) is 14.7 Å². The summed E-state index contributed by atoms with van der Waals surface area (Å²) < 4.78 is 1.71. The molecule has 1 N–H and O–H groups in total. The Bertz CT molecular complexity index is 331. The summed E-state index contributed by atoms with van der Waals surface area (Å²) in [6.45, 7) is 3.23. The molecule has 0 unspecified atom stereocenters. The molecule has 0 aliphatic carbocycles. The lowest BCUT2D eigenvalue weighted by Crippen LogP contribution is -2.17. The Kier molecular flexibility index (Phi) is 3.24. The first kappa shape index (κ1) is 10.7. The van der Waals surface area contributed by atoms with Crippen molar-refractivity contribution < 1.29 is 9.90 Å². The van der Waals surface area contributed by atoms with Crippen molar-refractivity contribution >= 4 is 5.97 Å². The molecule has 1 heterocycles. The second-order valence-corrected chi connectivity index (χ2v) is 3.36. The zero-order chi connectivity index (χ0) is 10.7. The van der Waals surface area contributed by atoms with E-state index in [-0.39, 0.29) is 0 Å². The Labute approximate surface area is 82.9 Å². The first-order chi connectivity index (χ1) is 6.56. The molecule has 0 saturated carbocycles. The van der Waals surface area contributed by atoms with E-state index in [4.69, 9.17) is 5.11 Å². The van der Waals surface area contributed by atoms with Gasteiger partial charge in [0.2, 0.25) is 0 Å². The molecule has 1 aromatic rings. The van der Waals surface area contributed by atoms with Crippen LogP contribution in [0.1, 0.15) is 23.0 Å². The van der Waals surface area contributed by atoms with Gasteiger partial charge in [0.15, 0.2) is 0 Å². The van der Waals surface area contributed by atoms with Gasteiger partial charge in [-0.15, -0.1) is 0 Å². The number of carboxylic acid groups (broad SMARTS) is 1. The summed E-state index contributed by atoms with van der Waals surface area (Å²) >= 11 is 0. The molecule has 0 fully saturated rings. The van der Waals surface area contributed by atoms with E-state index in [0.717, 1.165) is 5.69 Å². The summed E-state index contributed by atoms with van der Waals surface area (Å²) in [5.74, 6) is -0.915. The van der Waals surface area contributed by atoms with Crippen molar-refractivity contribution in [3.63, 3.8) is 0 Å². The second-order valence-electron chi connectivity index (χ2n) is 3.36. The first-order valence-corrected chi connectivity index (χ1v) is 4.49. The fourth-order valence-corrected chi connectivity index (χ4v) is 1.33. The van der Waals surface area contributed by atoms with Gasteiger partial charge in [0.1, 0.15) is 5.56 Å². The van der Waals surface area contributed by atoms with Crippen LogP contribution in [0.4, 0.5) is 0 Å². The van der Waals surface area contributed by atoms with Crippen LogP contribution in [0, 0.1) is 0 Å². The van der Waals surface area contributed by atoms with Crippen molar-refractivity contribution in [2.45, 2.75) is 20.0 Å². The molecule has 0 amide bonds. The fourth-order valence-electron chi connectivity index (χ4n) is 1.33. The van der Waals surface area contributed by atoms with Crippen LogP contribution in [0.5, 0.6) is 0 Å². The predicted octanol–water partition coefficient (Wildman–Crippen LogP) is 0.663. The summed E-state index contributed by atoms with van der Waals surface area (Å²) in [4.78, 5) is 12.8. The average molecular weight is 197 g/mol. The molecule has 0 radical (unpaired) electrons. The molecule has 0 aromatic carbocycles. The minimum Gasteiger partial charge on any atom is -0.478 e. The van der Waals surface area contributed by atoms with E-state index in [9.17, 15) is 4.79 Å². The molecule has 78 valence electrons. The molecule has 0 saturated heterocycles. The number of hydrogen-bond donors (Lipinski definition) is 1. The average Bonchev–Trinajstić information content (AvgIpc) is 2.46. The van der Waals surface area contributed by atoms with Gasteiger partial charge in [-0.05, 0) is 21.0 Å². The van der Waals surface area contributed by atoms with Gasteiger partial charge < -0.3 is 10.0 Å². The van der Waals surface area contributed by atoms with Gasteiger partial charge in [-0.25, -0.2) is 4.79 Å². The summed E-state index contributed by atoms with van der Waals surface area (Å²) in [7, 11) is 3.80. The van der Waals surface area contributed by atoms with Crippen molar-refractivity contribution in [1.29, 1.82) is 0 Å². The molecule has 0 bridgehead atoms. The third-order valence-corrected chi connectivity index (χ3v) is 1.94. The topological polar surface area (TPSA) is 58.4 Å². The number of carboxylic acids is 1. The number of hydrogen-bond acceptors (Lipinski definition) is 3. The molecule has 0 aliphatic heterocycles. The van der Waals surface area contributed by atoms with E-state index in [2.05, 4.69) is 5.10 Å². The van der Waals surface area contributed by atoms with Crippen LogP contribution in [0.2, 0.25) is 0 Å². The maximum Gasteiger partial charge on any atom is 0.339 e. The Morgan fingerprint density at radius 3 is 2.71 bits per heavy atom. The highest BCUT2D eigenvalue weighted by Crippen LogP contribution is 2.10. The zero-order valence-corrected chi connectivity index (χ0v) is 8.69. The van der Waals surface area contributed by atoms with Crippen LogP contribution >= 0.6 is 0 Å². The van der Waals surface area contributed by atoms with Crippen LogP contribution < -0.4 is 0 Å². The third kappa shape index (κ3) is 2.11. The van der Waals surface area contributed by atoms with E-state index in [0.29, 0.717) is 18.7 Å². The molecule has 14 heavy (non-hydrogen) atoms. The largest absolute Gasteiger partial charge is 0.478 e. The highest BCUT2D eigenvalue weighted by atomic mass is 16.4. The number of aryl methyl sites for hydroxylation is 1. The van der Waals surface area contributed by atoms with Crippen LogP contribution in [-0.4, -0.2) is 39.9 Å². The summed E-state index contributed by atoms with van der Waals surface area (Å²) in [6, 6.07) is 0. The van der Waals surface area contributed by atoms with Gasteiger partial charge in [-0.2, -0.15) is 5.10 Å². The smallest absolute Gasteiger partial charge is 0.339 e. The molecular formula is C9H15N3O2. The van der Waals surface area contributed by atoms with Crippen LogP contribution in [-0.2, 0) is 13.1 Å². The lowest BCUT2D eigenvalue weighted by atomic mass is 10.2. The van der Waals surface area contributed by atoms with Crippen molar-refractivity contribution in [2.24, 2.45) is 0 Å². The quantitative estimate of drug-likeness (QED) is 0.770. The molecule has 0 aliphatic rings. The van der Waals surface area contributed by atoms with Gasteiger partial charge in [-0.3, -0.25) is 4.68 Å². The first-order valence-electron chi connectivity index (χ1n) is 4.49. The summed E-state index contributed by atoms with van der Waals surface area (Å²) in [6.07, 6.45) is 1.41. The van der Waals surface area contributed by atoms with Gasteiger partial charge in [0.25, 0.3) is 0 Å². The van der Waals surface area contributed by atoms with Crippen LogP contribution in [0.25, 0.3) is 0 Å². The maximum atomic E-state index is 10.9. The Morgan fingerprint density at radius 2 is 2.29 bits per heavy atom. The Hall–Kier alpha value is -1.36. The lowest BCUT2D eigenvalue weighted by molar-refractivity contribution is 0.0694. The molecule has 1 rings (SSSR count). The Balaban J connectivity index is 3.06. The number of aromatic carboxylic acids is 1. The summed E-state index contributed by atoms with van der Waals surface area (Å²) in [5.41, 5.74) is 1.05. The van der Waals surface area contributed by atoms with E-state index in [1.54, 1.807) is 4.68 Å². The van der Waals surface area contributed by atoms with Gasteiger partial charge in [0, 0.05) is 13.1 Å². The highest BCUT2D eigenvalue weighted by Gasteiger charge is 2.15. The normalized spacial score (nSPS) is 10.9. The number of nitrogens with zero attached hydrogens (tertiary/aromatic N) is 3. The van der Waals surface area contributed by atoms with E-state index in [1.165, 1.54) is 6.20 Å². The lowest BCUT2D eigenvalue weighted by Gasteiger charge is -2.11. The van der Waals surface area contributed by atoms with Crippen molar-refractivity contribution in [3.8, 4) is 0 Å². The maximum absolute atomic E-state index is 10.9. The number of rotatable bonds is 4. The van der Waals surface area contributed by atoms with Crippen molar-refractivity contribution in [2.75, 3.05) is 14.1 Å². The van der Waals surface area contributed by atoms with Gasteiger partial charge in [-0.1, -0.05) is 0 Å². The van der Waals surface area contributed by atoms with E-state index in [1.807, 2.05) is 25.9 Å². The van der Waals surface area contributed by atoms with Gasteiger partial charge in [0.05, 0.1) is 11.9 Å². The predicted molar refractivity (Wildman–Crippen MR) is 52.3 cm³/mol. The molecule has 0 atom stereocenters. The van der Waals surface area contributed by atoms with E-state index >= 15 is 0 Å². The zero-order valence-electron chi connectivity index (χ0n) is 8.69. The van der Waals surface area contributed by atoms with Gasteiger partial charge >= 0.3 is 5.97 Å². The molecule has 1 aromatic heterocycles. The SMILES string of the molecule is CCn1ncc(C(=O)O)c1CN(C)C. The van der Waals surface area contributed by atoms with Crippen LogP contribution in [0.3, 0.4) is 0 Å². The monoisotopic (exact) mass is 197 g/mol. The number of aromatic nitrogens is 2. The minimum atomic E-state index is -0.915. The second kappa shape index (κ2) is 4.23. The van der Waals surface area contributed by atoms with E-state index < -0.39 is 5.97 Å². The highest BCUT2D eigenvalue weighted by molar-refractivity contribution is 5.88. The number of carbonyl (C=O) groups is 1. The van der Waals surface area contributed by atoms with Crippen LogP contribution in [0.15, 0.2) is 6.20 Å². The molecule has 5 heteroatoms. The minimum absolute atomic E-state index is 0.292.